The fourth-order valence-electron chi connectivity index (χ4n) is 2.20. The minimum atomic E-state index is 0.446. The maximum absolute atomic E-state index is 4.46. The van der Waals surface area contributed by atoms with Gasteiger partial charge in [0, 0.05) is 29.1 Å². The van der Waals surface area contributed by atoms with E-state index in [9.17, 15) is 0 Å². The third kappa shape index (κ3) is 2.46. The molecule has 0 aliphatic heterocycles. The Bertz CT molecular complexity index is 334. The lowest BCUT2D eigenvalue weighted by Gasteiger charge is -2.42. The van der Waals surface area contributed by atoms with Crippen LogP contribution >= 0.6 is 11.3 Å². The first kappa shape index (κ1) is 12.1. The molecule has 90 valence electrons. The molecular weight excluding hydrogens is 216 g/mol. The molecule has 0 spiro atoms. The van der Waals surface area contributed by atoms with Crippen LogP contribution in [-0.4, -0.2) is 10.5 Å². The van der Waals surface area contributed by atoms with Crippen molar-refractivity contribution in [1.29, 1.82) is 0 Å². The van der Waals surface area contributed by atoms with E-state index < -0.39 is 0 Å². The van der Waals surface area contributed by atoms with Gasteiger partial charge in [0.1, 0.15) is 0 Å². The molecule has 2 rings (SSSR count). The molecule has 0 aromatic carbocycles. The first-order valence-corrected chi connectivity index (χ1v) is 7.16. The summed E-state index contributed by atoms with van der Waals surface area (Å²) in [4.78, 5) is 5.84. The molecule has 2 nitrogen and oxygen atoms in total. The standard InChI is InChI=1S/C13H22N2S/c1-4-13(6-5-7-13)15-9-11-8-14-12(16-11)10(2)3/h8,10,15H,4-7,9H2,1-3H3. The summed E-state index contributed by atoms with van der Waals surface area (Å²) in [6.07, 6.45) is 7.37. The second kappa shape index (κ2) is 4.84. The predicted octanol–water partition coefficient (Wildman–Crippen LogP) is 3.69. The molecule has 16 heavy (non-hydrogen) atoms. The summed E-state index contributed by atoms with van der Waals surface area (Å²) in [5.74, 6) is 0.558. The lowest BCUT2D eigenvalue weighted by molar-refractivity contribution is 0.176. The normalized spacial score (nSPS) is 18.8. The van der Waals surface area contributed by atoms with E-state index in [1.54, 1.807) is 0 Å². The van der Waals surface area contributed by atoms with Gasteiger partial charge in [0.05, 0.1) is 5.01 Å². The summed E-state index contributed by atoms with van der Waals surface area (Å²) in [5.41, 5.74) is 0.446. The van der Waals surface area contributed by atoms with Gasteiger partial charge in [-0.25, -0.2) is 4.98 Å². The molecule has 1 aliphatic carbocycles. The summed E-state index contributed by atoms with van der Waals surface area (Å²) >= 11 is 1.85. The number of rotatable bonds is 5. The molecule has 1 N–H and O–H groups in total. The summed E-state index contributed by atoms with van der Waals surface area (Å²) in [7, 11) is 0. The van der Waals surface area contributed by atoms with Gasteiger partial charge in [-0.15, -0.1) is 11.3 Å². The van der Waals surface area contributed by atoms with Crippen LogP contribution in [0.2, 0.25) is 0 Å². The Balaban J connectivity index is 1.89. The maximum atomic E-state index is 4.46. The van der Waals surface area contributed by atoms with Crippen molar-refractivity contribution in [3.63, 3.8) is 0 Å². The van der Waals surface area contributed by atoms with Crippen LogP contribution < -0.4 is 5.32 Å². The average molecular weight is 238 g/mol. The second-order valence-electron chi connectivity index (χ2n) is 5.16. The van der Waals surface area contributed by atoms with E-state index in [1.165, 1.54) is 35.6 Å². The number of nitrogens with one attached hydrogen (secondary N) is 1. The van der Waals surface area contributed by atoms with Gasteiger partial charge < -0.3 is 5.32 Å². The lowest BCUT2D eigenvalue weighted by Crippen LogP contribution is -2.49. The Labute approximate surface area is 102 Å². The Kier molecular flexibility index (Phi) is 3.65. The van der Waals surface area contributed by atoms with Gasteiger partial charge in [0.25, 0.3) is 0 Å². The van der Waals surface area contributed by atoms with Gasteiger partial charge in [0.15, 0.2) is 0 Å². The van der Waals surface area contributed by atoms with Crippen molar-refractivity contribution in [3.8, 4) is 0 Å². The van der Waals surface area contributed by atoms with Crippen LogP contribution in [0.4, 0.5) is 0 Å². The number of aromatic nitrogens is 1. The molecule has 1 heterocycles. The van der Waals surface area contributed by atoms with E-state index >= 15 is 0 Å². The van der Waals surface area contributed by atoms with E-state index in [0.717, 1.165) is 6.54 Å². The van der Waals surface area contributed by atoms with Crippen LogP contribution in [0.5, 0.6) is 0 Å². The fraction of sp³-hybridized carbons (Fsp3) is 0.769. The molecule has 3 heteroatoms. The van der Waals surface area contributed by atoms with Crippen LogP contribution in [0.3, 0.4) is 0 Å². The first-order chi connectivity index (χ1) is 7.65. The number of nitrogens with zero attached hydrogens (tertiary/aromatic N) is 1. The van der Waals surface area contributed by atoms with Crippen molar-refractivity contribution in [3.05, 3.63) is 16.1 Å². The topological polar surface area (TPSA) is 24.9 Å². The zero-order valence-corrected chi connectivity index (χ0v) is 11.4. The van der Waals surface area contributed by atoms with Gasteiger partial charge in [-0.3, -0.25) is 0 Å². The molecule has 0 radical (unpaired) electrons. The molecule has 0 saturated heterocycles. The van der Waals surface area contributed by atoms with Crippen molar-refractivity contribution in [2.24, 2.45) is 0 Å². The molecule has 0 bridgehead atoms. The monoisotopic (exact) mass is 238 g/mol. The van der Waals surface area contributed by atoms with Gasteiger partial charge in [-0.1, -0.05) is 20.8 Å². The van der Waals surface area contributed by atoms with Gasteiger partial charge >= 0.3 is 0 Å². The zero-order chi connectivity index (χ0) is 11.6. The minimum Gasteiger partial charge on any atom is -0.306 e. The SMILES string of the molecule is CCC1(NCc2cnc(C(C)C)s2)CCC1. The van der Waals surface area contributed by atoms with Crippen molar-refractivity contribution < 1.29 is 0 Å². The van der Waals surface area contributed by atoms with Crippen LogP contribution in [0, 0.1) is 0 Å². The third-order valence-corrected chi connectivity index (χ3v) is 4.99. The Morgan fingerprint density at radius 1 is 1.50 bits per heavy atom. The smallest absolute Gasteiger partial charge is 0.0953 e. The van der Waals surface area contributed by atoms with E-state index in [-0.39, 0.29) is 0 Å². The average Bonchev–Trinajstić information content (AvgIpc) is 2.65. The van der Waals surface area contributed by atoms with E-state index in [2.05, 4.69) is 31.1 Å². The number of hydrogen-bond acceptors (Lipinski definition) is 3. The molecule has 0 unspecified atom stereocenters. The van der Waals surface area contributed by atoms with Crippen molar-refractivity contribution in [2.45, 2.75) is 64.5 Å². The van der Waals surface area contributed by atoms with E-state index in [4.69, 9.17) is 0 Å². The van der Waals surface area contributed by atoms with Crippen LogP contribution in [-0.2, 0) is 6.54 Å². The molecule has 1 aromatic heterocycles. The number of hydrogen-bond donors (Lipinski definition) is 1. The van der Waals surface area contributed by atoms with Gasteiger partial charge in [-0.05, 0) is 25.7 Å². The quantitative estimate of drug-likeness (QED) is 0.846. The molecule has 0 atom stereocenters. The minimum absolute atomic E-state index is 0.446. The summed E-state index contributed by atoms with van der Waals surface area (Å²) in [6.45, 7) is 7.70. The lowest BCUT2D eigenvalue weighted by atomic mass is 9.75. The maximum Gasteiger partial charge on any atom is 0.0953 e. The highest BCUT2D eigenvalue weighted by Gasteiger charge is 2.34. The molecule has 1 fully saturated rings. The van der Waals surface area contributed by atoms with Crippen molar-refractivity contribution in [2.75, 3.05) is 0 Å². The molecule has 0 amide bonds. The first-order valence-electron chi connectivity index (χ1n) is 6.35. The third-order valence-electron chi connectivity index (χ3n) is 3.69. The van der Waals surface area contributed by atoms with Crippen LogP contribution in [0.1, 0.15) is 62.3 Å². The van der Waals surface area contributed by atoms with Crippen LogP contribution in [0.25, 0.3) is 0 Å². The Hall–Kier alpha value is -0.410. The van der Waals surface area contributed by atoms with E-state index in [1.807, 2.05) is 17.5 Å². The summed E-state index contributed by atoms with van der Waals surface area (Å²) < 4.78 is 0. The van der Waals surface area contributed by atoms with Crippen LogP contribution in [0.15, 0.2) is 6.20 Å². The number of thiazole rings is 1. The van der Waals surface area contributed by atoms with Crippen molar-refractivity contribution >= 4 is 11.3 Å². The fourth-order valence-corrected chi connectivity index (χ4v) is 3.06. The predicted molar refractivity (Wildman–Crippen MR) is 69.9 cm³/mol. The largest absolute Gasteiger partial charge is 0.306 e. The summed E-state index contributed by atoms with van der Waals surface area (Å²) in [6, 6.07) is 0. The Morgan fingerprint density at radius 2 is 2.25 bits per heavy atom. The second-order valence-corrected chi connectivity index (χ2v) is 6.31. The molecule has 1 aliphatic rings. The highest BCUT2D eigenvalue weighted by Crippen LogP contribution is 2.35. The van der Waals surface area contributed by atoms with Crippen molar-refractivity contribution in [1.82, 2.24) is 10.3 Å². The summed E-state index contributed by atoms with van der Waals surface area (Å²) in [5, 5.41) is 4.98. The highest BCUT2D eigenvalue weighted by molar-refractivity contribution is 7.11. The molecule has 1 saturated carbocycles. The Morgan fingerprint density at radius 3 is 2.69 bits per heavy atom. The van der Waals surface area contributed by atoms with E-state index in [0.29, 0.717) is 11.5 Å². The highest BCUT2D eigenvalue weighted by atomic mass is 32.1. The molecular formula is C13H22N2S. The molecule has 1 aromatic rings. The zero-order valence-electron chi connectivity index (χ0n) is 10.5. The van der Waals surface area contributed by atoms with Gasteiger partial charge in [-0.2, -0.15) is 0 Å². The van der Waals surface area contributed by atoms with Gasteiger partial charge in [0.2, 0.25) is 0 Å².